The predicted molar refractivity (Wildman–Crippen MR) is 84.7 cm³/mol. The third-order valence-corrected chi connectivity index (χ3v) is 3.47. The molecule has 5 heteroatoms. The van der Waals surface area contributed by atoms with Gasteiger partial charge < -0.3 is 15.8 Å². The zero-order valence-electron chi connectivity index (χ0n) is 11.9. The standard InChI is InChI=1S/C16H17ClN2O2/c1-10(11-3-5-12(17)6-4-11)19-16(20)14-8-7-13(21-2)9-15(14)18/h3-10H,18H2,1-2H3,(H,19,20)/t10-/m0/s1. The largest absolute Gasteiger partial charge is 0.497 e. The number of nitrogen functional groups attached to an aromatic ring is 1. The molecule has 110 valence electrons. The molecule has 1 amide bonds. The van der Waals surface area contributed by atoms with E-state index >= 15 is 0 Å². The van der Waals surface area contributed by atoms with Gasteiger partial charge >= 0.3 is 0 Å². The highest BCUT2D eigenvalue weighted by molar-refractivity contribution is 6.30. The highest BCUT2D eigenvalue weighted by atomic mass is 35.5. The number of hydrogen-bond acceptors (Lipinski definition) is 3. The highest BCUT2D eigenvalue weighted by Gasteiger charge is 2.14. The second kappa shape index (κ2) is 6.50. The van der Waals surface area contributed by atoms with Gasteiger partial charge in [-0.1, -0.05) is 23.7 Å². The summed E-state index contributed by atoms with van der Waals surface area (Å²) < 4.78 is 5.07. The molecule has 21 heavy (non-hydrogen) atoms. The summed E-state index contributed by atoms with van der Waals surface area (Å²) >= 11 is 5.85. The summed E-state index contributed by atoms with van der Waals surface area (Å²) in [5.41, 5.74) is 7.66. The van der Waals surface area contributed by atoms with Crippen LogP contribution in [0.4, 0.5) is 5.69 Å². The van der Waals surface area contributed by atoms with E-state index in [1.54, 1.807) is 37.4 Å². The molecule has 2 aromatic rings. The van der Waals surface area contributed by atoms with Gasteiger partial charge in [0.2, 0.25) is 0 Å². The molecule has 0 aliphatic heterocycles. The number of hydrogen-bond donors (Lipinski definition) is 2. The zero-order chi connectivity index (χ0) is 15.4. The molecule has 0 aliphatic carbocycles. The molecule has 0 heterocycles. The van der Waals surface area contributed by atoms with Crippen LogP contribution in [0.2, 0.25) is 5.02 Å². The molecule has 4 nitrogen and oxygen atoms in total. The van der Waals surface area contributed by atoms with E-state index in [9.17, 15) is 4.79 Å². The number of rotatable bonds is 4. The number of carbonyl (C=O) groups is 1. The first kappa shape index (κ1) is 15.2. The quantitative estimate of drug-likeness (QED) is 0.851. The molecule has 0 aliphatic rings. The molecule has 0 saturated carbocycles. The Kier molecular flexibility index (Phi) is 4.70. The fourth-order valence-electron chi connectivity index (χ4n) is 1.98. The van der Waals surface area contributed by atoms with Gasteiger partial charge in [-0.15, -0.1) is 0 Å². The minimum atomic E-state index is -0.224. The predicted octanol–water partition coefficient (Wildman–Crippen LogP) is 3.42. The first-order valence-corrected chi connectivity index (χ1v) is 6.89. The Balaban J connectivity index is 2.12. The summed E-state index contributed by atoms with van der Waals surface area (Å²) in [7, 11) is 1.55. The molecule has 0 spiro atoms. The lowest BCUT2D eigenvalue weighted by Crippen LogP contribution is -2.27. The minimum absolute atomic E-state index is 0.142. The molecule has 2 aromatic carbocycles. The topological polar surface area (TPSA) is 64.3 Å². The Hall–Kier alpha value is -2.20. The van der Waals surface area contributed by atoms with Crippen LogP contribution < -0.4 is 15.8 Å². The van der Waals surface area contributed by atoms with Gasteiger partial charge in [0.05, 0.1) is 18.7 Å². The van der Waals surface area contributed by atoms with Crippen molar-refractivity contribution in [3.05, 3.63) is 58.6 Å². The lowest BCUT2D eigenvalue weighted by Gasteiger charge is -2.15. The summed E-state index contributed by atoms with van der Waals surface area (Å²) in [5, 5.41) is 3.57. The molecule has 0 unspecified atom stereocenters. The number of nitrogens with one attached hydrogen (secondary N) is 1. The SMILES string of the molecule is COc1ccc(C(=O)N[C@@H](C)c2ccc(Cl)cc2)c(N)c1. The lowest BCUT2D eigenvalue weighted by atomic mass is 10.1. The average Bonchev–Trinajstić information content (AvgIpc) is 2.47. The van der Waals surface area contributed by atoms with Gasteiger partial charge in [0.15, 0.2) is 0 Å². The first-order valence-electron chi connectivity index (χ1n) is 6.51. The van der Waals surface area contributed by atoms with Gasteiger partial charge in [0, 0.05) is 16.8 Å². The Morgan fingerprint density at radius 2 is 1.90 bits per heavy atom. The third-order valence-electron chi connectivity index (χ3n) is 3.22. The van der Waals surface area contributed by atoms with Crippen LogP contribution in [0.15, 0.2) is 42.5 Å². The molecular weight excluding hydrogens is 288 g/mol. The highest BCUT2D eigenvalue weighted by Crippen LogP contribution is 2.21. The Morgan fingerprint density at radius 3 is 2.48 bits per heavy atom. The summed E-state index contributed by atoms with van der Waals surface area (Å²) in [6.07, 6.45) is 0. The molecule has 0 bridgehead atoms. The number of carbonyl (C=O) groups excluding carboxylic acids is 1. The van der Waals surface area contributed by atoms with Gasteiger partial charge in [-0.25, -0.2) is 0 Å². The Labute approximate surface area is 128 Å². The van der Waals surface area contributed by atoms with Crippen LogP contribution in [-0.2, 0) is 0 Å². The van der Waals surface area contributed by atoms with Gasteiger partial charge in [-0.2, -0.15) is 0 Å². The maximum Gasteiger partial charge on any atom is 0.253 e. The fraction of sp³-hybridized carbons (Fsp3) is 0.188. The molecule has 0 fully saturated rings. The molecule has 0 aromatic heterocycles. The number of benzene rings is 2. The number of ether oxygens (including phenoxy) is 1. The van der Waals surface area contributed by atoms with E-state index in [0.29, 0.717) is 22.0 Å². The molecule has 1 atom stereocenters. The van der Waals surface area contributed by atoms with Crippen LogP contribution in [0.1, 0.15) is 28.9 Å². The van der Waals surface area contributed by atoms with E-state index in [1.165, 1.54) is 0 Å². The van der Waals surface area contributed by atoms with Crippen molar-refractivity contribution in [3.8, 4) is 5.75 Å². The van der Waals surface area contributed by atoms with Gasteiger partial charge in [-0.3, -0.25) is 4.79 Å². The van der Waals surface area contributed by atoms with Crippen LogP contribution in [0.3, 0.4) is 0 Å². The molecule has 0 radical (unpaired) electrons. The summed E-state index contributed by atoms with van der Waals surface area (Å²) in [6, 6.07) is 12.2. The molecule has 3 N–H and O–H groups in total. The Bertz CT molecular complexity index is 641. The van der Waals surface area contributed by atoms with E-state index < -0.39 is 0 Å². The van der Waals surface area contributed by atoms with E-state index in [4.69, 9.17) is 22.1 Å². The smallest absolute Gasteiger partial charge is 0.253 e. The van der Waals surface area contributed by atoms with Crippen LogP contribution in [-0.4, -0.2) is 13.0 Å². The first-order chi connectivity index (χ1) is 10.0. The van der Waals surface area contributed by atoms with Crippen molar-refractivity contribution < 1.29 is 9.53 Å². The van der Waals surface area contributed by atoms with Crippen molar-refractivity contribution in [2.75, 3.05) is 12.8 Å². The van der Waals surface area contributed by atoms with Crippen molar-refractivity contribution in [1.82, 2.24) is 5.32 Å². The Morgan fingerprint density at radius 1 is 1.24 bits per heavy atom. The second-order valence-electron chi connectivity index (χ2n) is 4.70. The number of halogens is 1. The fourth-order valence-corrected chi connectivity index (χ4v) is 2.11. The van der Waals surface area contributed by atoms with Crippen molar-refractivity contribution in [3.63, 3.8) is 0 Å². The summed E-state index contributed by atoms with van der Waals surface area (Å²) in [6.45, 7) is 1.90. The van der Waals surface area contributed by atoms with E-state index in [-0.39, 0.29) is 11.9 Å². The number of nitrogens with two attached hydrogens (primary N) is 1. The van der Waals surface area contributed by atoms with E-state index in [0.717, 1.165) is 5.56 Å². The number of amides is 1. The van der Waals surface area contributed by atoms with Crippen LogP contribution in [0.25, 0.3) is 0 Å². The van der Waals surface area contributed by atoms with Gasteiger partial charge in [0.1, 0.15) is 5.75 Å². The van der Waals surface area contributed by atoms with Crippen molar-refractivity contribution in [2.45, 2.75) is 13.0 Å². The summed E-state index contributed by atoms with van der Waals surface area (Å²) in [4.78, 5) is 12.3. The van der Waals surface area contributed by atoms with Crippen LogP contribution >= 0.6 is 11.6 Å². The maximum absolute atomic E-state index is 12.3. The average molecular weight is 305 g/mol. The minimum Gasteiger partial charge on any atom is -0.497 e. The van der Waals surface area contributed by atoms with E-state index in [2.05, 4.69) is 5.32 Å². The van der Waals surface area contributed by atoms with Gasteiger partial charge in [0.25, 0.3) is 5.91 Å². The zero-order valence-corrected chi connectivity index (χ0v) is 12.6. The van der Waals surface area contributed by atoms with Crippen molar-refractivity contribution in [2.24, 2.45) is 0 Å². The van der Waals surface area contributed by atoms with E-state index in [1.807, 2.05) is 19.1 Å². The monoisotopic (exact) mass is 304 g/mol. The maximum atomic E-state index is 12.3. The van der Waals surface area contributed by atoms with Crippen LogP contribution in [0, 0.1) is 0 Å². The molecule has 2 rings (SSSR count). The van der Waals surface area contributed by atoms with Crippen LogP contribution in [0.5, 0.6) is 5.75 Å². The molecule has 0 saturated heterocycles. The van der Waals surface area contributed by atoms with Gasteiger partial charge in [-0.05, 0) is 36.8 Å². The van der Waals surface area contributed by atoms with Crippen molar-refractivity contribution in [1.29, 1.82) is 0 Å². The lowest BCUT2D eigenvalue weighted by molar-refractivity contribution is 0.0941. The molecular formula is C16H17ClN2O2. The normalized spacial score (nSPS) is 11.8. The second-order valence-corrected chi connectivity index (χ2v) is 5.14. The van der Waals surface area contributed by atoms with Crippen molar-refractivity contribution >= 4 is 23.2 Å². The number of methoxy groups -OCH3 is 1. The number of anilines is 1. The third kappa shape index (κ3) is 3.67. The summed E-state index contributed by atoms with van der Waals surface area (Å²) in [5.74, 6) is 0.396.